The molecular weight excluding hydrogens is 239 g/mol. The van der Waals surface area contributed by atoms with Crippen LogP contribution in [0.3, 0.4) is 0 Å². The van der Waals surface area contributed by atoms with Crippen molar-refractivity contribution in [1.29, 1.82) is 0 Å². The molecule has 1 saturated heterocycles. The maximum atomic E-state index is 13.6. The predicted molar refractivity (Wildman–Crippen MR) is 69.8 cm³/mol. The van der Waals surface area contributed by atoms with E-state index >= 15 is 0 Å². The highest BCUT2D eigenvalue weighted by Crippen LogP contribution is 2.17. The van der Waals surface area contributed by atoms with Gasteiger partial charge in [0.2, 0.25) is 0 Å². The van der Waals surface area contributed by atoms with Gasteiger partial charge in [-0.05, 0) is 31.0 Å². The number of anilines is 1. The molecule has 0 aromatic heterocycles. The topological polar surface area (TPSA) is 47.3 Å². The van der Waals surface area contributed by atoms with Crippen LogP contribution in [0, 0.1) is 5.82 Å². The van der Waals surface area contributed by atoms with Gasteiger partial charge in [0.15, 0.2) is 0 Å². The minimum Gasteiger partial charge on any atom is -0.389 e. The maximum absolute atomic E-state index is 13.6. The van der Waals surface area contributed by atoms with E-state index < -0.39 is 5.82 Å². The van der Waals surface area contributed by atoms with Crippen molar-refractivity contribution in [1.82, 2.24) is 0 Å². The third-order valence-corrected chi connectivity index (χ3v) is 3.01. The molecule has 1 heterocycles. The van der Waals surface area contributed by atoms with E-state index in [-0.39, 0.29) is 16.7 Å². The lowest BCUT2D eigenvalue weighted by Crippen LogP contribution is -2.18. The van der Waals surface area contributed by atoms with Crippen LogP contribution in [-0.2, 0) is 4.74 Å². The SMILES string of the molecule is NC(=S)c1ccc(NCC2CCCO2)cc1F. The van der Waals surface area contributed by atoms with Gasteiger partial charge >= 0.3 is 0 Å². The van der Waals surface area contributed by atoms with Gasteiger partial charge in [0.25, 0.3) is 0 Å². The molecule has 0 bridgehead atoms. The first-order valence-electron chi connectivity index (χ1n) is 5.61. The number of ether oxygens (including phenoxy) is 1. The van der Waals surface area contributed by atoms with Crippen molar-refractivity contribution >= 4 is 22.9 Å². The zero-order valence-corrected chi connectivity index (χ0v) is 10.2. The van der Waals surface area contributed by atoms with Crippen LogP contribution in [0.5, 0.6) is 0 Å². The third kappa shape index (κ3) is 3.14. The molecule has 1 atom stereocenters. The summed E-state index contributed by atoms with van der Waals surface area (Å²) in [7, 11) is 0. The number of benzene rings is 1. The van der Waals surface area contributed by atoms with E-state index in [0.29, 0.717) is 6.54 Å². The number of thiocarbonyl (C=S) groups is 1. The van der Waals surface area contributed by atoms with Gasteiger partial charge in [-0.1, -0.05) is 12.2 Å². The minimum atomic E-state index is -0.394. The lowest BCUT2D eigenvalue weighted by atomic mass is 10.2. The molecule has 1 aromatic carbocycles. The summed E-state index contributed by atoms with van der Waals surface area (Å²) in [5.41, 5.74) is 6.39. The maximum Gasteiger partial charge on any atom is 0.135 e. The molecule has 3 N–H and O–H groups in total. The highest BCUT2D eigenvalue weighted by molar-refractivity contribution is 7.80. The second-order valence-corrected chi connectivity index (χ2v) is 4.51. The molecule has 0 spiro atoms. The van der Waals surface area contributed by atoms with E-state index in [9.17, 15) is 4.39 Å². The lowest BCUT2D eigenvalue weighted by Gasteiger charge is -2.12. The largest absolute Gasteiger partial charge is 0.389 e. The molecule has 0 amide bonds. The Morgan fingerprint density at radius 3 is 3.00 bits per heavy atom. The molecule has 1 fully saturated rings. The smallest absolute Gasteiger partial charge is 0.135 e. The Kier molecular flexibility index (Phi) is 3.91. The Hall–Kier alpha value is -1.20. The second kappa shape index (κ2) is 5.42. The van der Waals surface area contributed by atoms with E-state index in [1.807, 2.05) is 0 Å². The fraction of sp³-hybridized carbons (Fsp3) is 0.417. The van der Waals surface area contributed by atoms with Gasteiger partial charge in [-0.25, -0.2) is 4.39 Å². The van der Waals surface area contributed by atoms with Crippen LogP contribution in [-0.4, -0.2) is 24.2 Å². The first-order chi connectivity index (χ1) is 8.16. The minimum absolute atomic E-state index is 0.0770. The zero-order valence-electron chi connectivity index (χ0n) is 9.41. The normalized spacial score (nSPS) is 19.2. The summed E-state index contributed by atoms with van der Waals surface area (Å²) in [6.45, 7) is 1.52. The van der Waals surface area contributed by atoms with Crippen molar-refractivity contribution in [2.24, 2.45) is 5.73 Å². The Morgan fingerprint density at radius 1 is 1.59 bits per heavy atom. The quantitative estimate of drug-likeness (QED) is 0.807. The lowest BCUT2D eigenvalue weighted by molar-refractivity contribution is 0.120. The van der Waals surface area contributed by atoms with Crippen LogP contribution in [0.4, 0.5) is 10.1 Å². The summed E-state index contributed by atoms with van der Waals surface area (Å²) in [6, 6.07) is 4.77. The van der Waals surface area contributed by atoms with E-state index in [2.05, 4.69) is 5.32 Å². The first-order valence-corrected chi connectivity index (χ1v) is 6.02. The molecule has 2 rings (SSSR count). The van der Waals surface area contributed by atoms with Crippen molar-refractivity contribution in [2.75, 3.05) is 18.5 Å². The molecule has 1 aromatic rings. The highest BCUT2D eigenvalue weighted by atomic mass is 32.1. The van der Waals surface area contributed by atoms with Crippen LogP contribution in [0.1, 0.15) is 18.4 Å². The van der Waals surface area contributed by atoms with Crippen molar-refractivity contribution < 1.29 is 9.13 Å². The van der Waals surface area contributed by atoms with Crippen LogP contribution in [0.25, 0.3) is 0 Å². The molecular formula is C12H15FN2OS. The van der Waals surface area contributed by atoms with Gasteiger partial charge in [-0.2, -0.15) is 0 Å². The molecule has 5 heteroatoms. The zero-order chi connectivity index (χ0) is 12.3. The summed E-state index contributed by atoms with van der Waals surface area (Å²) in [6.07, 6.45) is 2.38. The number of nitrogens with one attached hydrogen (secondary N) is 1. The molecule has 92 valence electrons. The molecule has 1 aliphatic heterocycles. The number of hydrogen-bond acceptors (Lipinski definition) is 3. The van der Waals surface area contributed by atoms with E-state index in [1.165, 1.54) is 6.07 Å². The summed E-state index contributed by atoms with van der Waals surface area (Å²) < 4.78 is 19.0. The van der Waals surface area contributed by atoms with Crippen molar-refractivity contribution in [2.45, 2.75) is 18.9 Å². The average Bonchev–Trinajstić information content (AvgIpc) is 2.78. The number of hydrogen-bond donors (Lipinski definition) is 2. The van der Waals surface area contributed by atoms with E-state index in [1.54, 1.807) is 12.1 Å². The molecule has 17 heavy (non-hydrogen) atoms. The van der Waals surface area contributed by atoms with Gasteiger partial charge in [0, 0.05) is 24.4 Å². The molecule has 0 radical (unpaired) electrons. The van der Waals surface area contributed by atoms with Gasteiger partial charge < -0.3 is 15.8 Å². The fourth-order valence-corrected chi connectivity index (χ4v) is 2.03. The van der Waals surface area contributed by atoms with Crippen LogP contribution >= 0.6 is 12.2 Å². The first kappa shape index (κ1) is 12.3. The van der Waals surface area contributed by atoms with Gasteiger partial charge in [-0.3, -0.25) is 0 Å². The Balaban J connectivity index is 1.97. The average molecular weight is 254 g/mol. The predicted octanol–water partition coefficient (Wildman–Crippen LogP) is 2.05. The Bertz CT molecular complexity index is 419. The summed E-state index contributed by atoms with van der Waals surface area (Å²) >= 11 is 4.74. The van der Waals surface area contributed by atoms with Gasteiger partial charge in [0.1, 0.15) is 10.8 Å². The fourth-order valence-electron chi connectivity index (χ4n) is 1.86. The van der Waals surface area contributed by atoms with Crippen molar-refractivity contribution in [3.8, 4) is 0 Å². The molecule has 0 saturated carbocycles. The summed E-state index contributed by atoms with van der Waals surface area (Å²) in [5.74, 6) is -0.394. The van der Waals surface area contributed by atoms with Crippen molar-refractivity contribution in [3.05, 3.63) is 29.6 Å². The third-order valence-electron chi connectivity index (χ3n) is 2.79. The molecule has 0 aliphatic carbocycles. The number of halogens is 1. The number of nitrogens with two attached hydrogens (primary N) is 1. The molecule has 3 nitrogen and oxygen atoms in total. The van der Waals surface area contributed by atoms with Crippen LogP contribution < -0.4 is 11.1 Å². The summed E-state index contributed by atoms with van der Waals surface area (Å²) in [5, 5.41) is 3.14. The molecule has 1 unspecified atom stereocenters. The van der Waals surface area contributed by atoms with Gasteiger partial charge in [0.05, 0.1) is 6.10 Å². The molecule has 1 aliphatic rings. The second-order valence-electron chi connectivity index (χ2n) is 4.07. The van der Waals surface area contributed by atoms with Gasteiger partial charge in [-0.15, -0.1) is 0 Å². The number of rotatable bonds is 4. The highest BCUT2D eigenvalue weighted by Gasteiger charge is 2.15. The summed E-state index contributed by atoms with van der Waals surface area (Å²) in [4.78, 5) is 0.0770. The van der Waals surface area contributed by atoms with E-state index in [4.69, 9.17) is 22.7 Å². The Morgan fingerprint density at radius 2 is 2.41 bits per heavy atom. The van der Waals surface area contributed by atoms with Crippen molar-refractivity contribution in [3.63, 3.8) is 0 Å². The monoisotopic (exact) mass is 254 g/mol. The van der Waals surface area contributed by atoms with Crippen LogP contribution in [0.15, 0.2) is 18.2 Å². The standard InChI is InChI=1S/C12H15FN2OS/c13-11-6-8(3-4-10(11)12(14)17)15-7-9-2-1-5-16-9/h3-4,6,9,15H,1-2,5,7H2,(H2,14,17). The Labute approximate surface area is 105 Å². The van der Waals surface area contributed by atoms with Crippen LogP contribution in [0.2, 0.25) is 0 Å². The van der Waals surface area contributed by atoms with E-state index in [0.717, 1.165) is 25.1 Å².